The number of aromatic hydroxyl groups is 1. The molecule has 0 radical (unpaired) electrons. The molecule has 0 spiro atoms. The first-order chi connectivity index (χ1) is 53.7. The number of phenols is 1. The third-order valence-corrected chi connectivity index (χ3v) is 18.2. The van der Waals surface area contributed by atoms with Gasteiger partial charge in [0.25, 0.3) is 0 Å². The number of aliphatic carboxylic acids is 2. The number of rotatable bonds is 52. The summed E-state index contributed by atoms with van der Waals surface area (Å²) in [7, 11) is 0. The van der Waals surface area contributed by atoms with Crippen molar-refractivity contribution >= 4 is 107 Å². The first-order valence-electron chi connectivity index (χ1n) is 38.2. The van der Waals surface area contributed by atoms with Crippen molar-refractivity contribution < 1.29 is 97.5 Å². The molecule has 13 amide bonds. The zero-order valence-electron chi connectivity index (χ0n) is 67.0. The fourth-order valence-electron chi connectivity index (χ4n) is 12.0. The molecule has 0 unspecified atom stereocenters. The number of hydrogen-bond acceptors (Lipinski definition) is 22. The second-order valence-corrected chi connectivity index (χ2v) is 29.9. The number of carbonyl (C=O) groups excluding carboxylic acids is 13. The molecule has 0 saturated carbocycles. The molecule has 646 valence electrons. The molecular weight excluding hydrogens is 1510 g/mol. The maximum absolute atomic E-state index is 14.8. The molecule has 1 fully saturated rings. The zero-order chi connectivity index (χ0) is 87.3. The Bertz CT molecular complexity index is 3550. The minimum absolute atomic E-state index is 0.00604. The van der Waals surface area contributed by atoms with Gasteiger partial charge in [0.05, 0.1) is 18.2 Å². The smallest absolute Gasteiger partial charge is 0.328 e. The summed E-state index contributed by atoms with van der Waals surface area (Å²) in [5, 5.41) is 77.9. The molecule has 32 N–H and O–H groups in total. The summed E-state index contributed by atoms with van der Waals surface area (Å²) in [6.07, 6.45) is -5.45. The minimum atomic E-state index is -1.82. The van der Waals surface area contributed by atoms with Crippen LogP contribution in [-0.4, -0.2) is 254 Å². The highest BCUT2D eigenvalue weighted by molar-refractivity contribution is 6.00. The van der Waals surface area contributed by atoms with E-state index in [4.69, 9.17) is 45.9 Å². The van der Waals surface area contributed by atoms with Crippen molar-refractivity contribution in [3.05, 3.63) is 29.8 Å². The van der Waals surface area contributed by atoms with Gasteiger partial charge in [-0.3, -0.25) is 82.1 Å². The fourth-order valence-corrected chi connectivity index (χ4v) is 12.0. The summed E-state index contributed by atoms with van der Waals surface area (Å²) < 4.78 is 0. The van der Waals surface area contributed by atoms with Crippen LogP contribution in [0.15, 0.2) is 39.2 Å². The lowest BCUT2D eigenvalue weighted by atomic mass is 9.99. The third kappa shape index (κ3) is 37.1. The predicted octanol–water partition coefficient (Wildman–Crippen LogP) is -6.87. The summed E-state index contributed by atoms with van der Waals surface area (Å²) in [4.78, 5) is 220. The van der Waals surface area contributed by atoms with E-state index < -0.39 is 210 Å². The number of nitrogens with one attached hydrogen (secondary N) is 11. The maximum atomic E-state index is 14.8. The van der Waals surface area contributed by atoms with Gasteiger partial charge in [-0.25, -0.2) is 4.79 Å². The molecule has 1 aromatic rings. The quantitative estimate of drug-likeness (QED) is 0.0164. The highest BCUT2D eigenvalue weighted by Crippen LogP contribution is 2.23. The van der Waals surface area contributed by atoms with Crippen molar-refractivity contribution in [2.45, 2.75) is 256 Å². The standard InChI is InChI=1S/C72H123N23O20/c1-34(2)31-47(88-59(104)44(16-12-28-82-71(77)78)86-64(109)50-18-14-30-95(50)68(113)49(33-40-19-21-41(98)22-20-40)90-57(102)42(73)23-25-51(74)99)62(107)85-43(15-11-27-81-70(75)76)58(103)84-45(17-13-29-83-72(79)80)61(106)91-53(36(5)6)65(110)87-46(24-26-52(100)101)60(105)89-48(32-35(3)4)63(108)93-55(38(9)96)67(112)92-54(37(7)8)66(111)94-56(39(10)97)69(114)115/h19-22,34-39,42-50,53-56,96-98H,11-18,23-33,73H2,1-10H3,(H2,74,99)(H,84,103)(H,85,107)(H,86,109)(H,87,110)(H,88,104)(H,89,105)(H,90,102)(H,91,106)(H,92,112)(H,93,108)(H,94,111)(H,100,101)(H,114,115)(H4,75,76,81)(H4,77,78,82)(H4,79,80,83)/t38-,39-,42+,43+,44+,45+,46+,47+,48+,49+,50+,53+,54+,55+,56+/m1/s1. The largest absolute Gasteiger partial charge is 0.508 e. The summed E-state index contributed by atoms with van der Waals surface area (Å²) in [5.74, 6) is -18.5. The number of nitrogens with two attached hydrogens (primary N) is 8. The van der Waals surface area contributed by atoms with Gasteiger partial charge in [0, 0.05) is 45.4 Å². The van der Waals surface area contributed by atoms with Crippen molar-refractivity contribution in [1.29, 1.82) is 0 Å². The van der Waals surface area contributed by atoms with Crippen molar-refractivity contribution in [3.63, 3.8) is 0 Å². The number of phenolic OH excluding ortho intramolecular Hbond substituents is 1. The van der Waals surface area contributed by atoms with Crippen LogP contribution < -0.4 is 104 Å². The van der Waals surface area contributed by atoms with E-state index in [9.17, 15) is 97.5 Å². The molecule has 15 atom stereocenters. The number of aliphatic hydroxyl groups excluding tert-OH is 2. The minimum Gasteiger partial charge on any atom is -0.508 e. The van der Waals surface area contributed by atoms with Gasteiger partial charge < -0.3 is 135 Å². The summed E-state index contributed by atoms with van der Waals surface area (Å²) in [6.45, 7) is 14.9. The molecule has 1 saturated heterocycles. The first kappa shape index (κ1) is 99.8. The van der Waals surface area contributed by atoms with Gasteiger partial charge in [-0.15, -0.1) is 0 Å². The van der Waals surface area contributed by atoms with Crippen LogP contribution in [0.1, 0.15) is 165 Å². The summed E-state index contributed by atoms with van der Waals surface area (Å²) in [6, 6.07) is -14.0. The number of amides is 13. The highest BCUT2D eigenvalue weighted by Gasteiger charge is 2.42. The van der Waals surface area contributed by atoms with Gasteiger partial charge in [0.1, 0.15) is 72.2 Å². The van der Waals surface area contributed by atoms with E-state index in [1.807, 2.05) is 0 Å². The van der Waals surface area contributed by atoms with Crippen molar-refractivity contribution in [1.82, 2.24) is 63.4 Å². The van der Waals surface area contributed by atoms with Crippen molar-refractivity contribution in [2.75, 3.05) is 26.2 Å². The Balaban J connectivity index is 2.63. The molecule has 1 aromatic carbocycles. The fraction of sp³-hybridized carbons (Fsp3) is 0.667. The van der Waals surface area contributed by atoms with Gasteiger partial charge in [0.2, 0.25) is 76.8 Å². The van der Waals surface area contributed by atoms with Crippen LogP contribution in [0, 0.1) is 23.7 Å². The molecule has 0 aromatic heterocycles. The molecule has 115 heavy (non-hydrogen) atoms. The molecule has 1 aliphatic heterocycles. The van der Waals surface area contributed by atoms with E-state index >= 15 is 0 Å². The molecule has 0 bridgehead atoms. The Labute approximate surface area is 667 Å². The molecule has 2 rings (SSSR count). The van der Waals surface area contributed by atoms with E-state index in [1.165, 1.54) is 56.9 Å². The highest BCUT2D eigenvalue weighted by atomic mass is 16.4. The Hall–Kier alpha value is -11.2. The van der Waals surface area contributed by atoms with Gasteiger partial charge in [-0.2, -0.15) is 0 Å². The third-order valence-electron chi connectivity index (χ3n) is 18.2. The Kier molecular flexibility index (Phi) is 43.5. The first-order valence-corrected chi connectivity index (χ1v) is 38.2. The molecule has 43 heteroatoms. The van der Waals surface area contributed by atoms with E-state index in [1.54, 1.807) is 27.7 Å². The molecule has 43 nitrogen and oxygen atoms in total. The van der Waals surface area contributed by atoms with Crippen LogP contribution in [0.25, 0.3) is 0 Å². The second-order valence-electron chi connectivity index (χ2n) is 29.9. The summed E-state index contributed by atoms with van der Waals surface area (Å²) in [5.41, 5.74) is 45.5. The van der Waals surface area contributed by atoms with Crippen LogP contribution in [0.4, 0.5) is 0 Å². The van der Waals surface area contributed by atoms with Gasteiger partial charge >= 0.3 is 11.9 Å². The predicted molar refractivity (Wildman–Crippen MR) is 420 cm³/mol. The Morgan fingerprint density at radius 3 is 1.20 bits per heavy atom. The Morgan fingerprint density at radius 2 is 0.791 bits per heavy atom. The summed E-state index contributed by atoms with van der Waals surface area (Å²) >= 11 is 0. The van der Waals surface area contributed by atoms with E-state index in [-0.39, 0.29) is 133 Å². The maximum Gasteiger partial charge on any atom is 0.328 e. The monoisotopic (exact) mass is 1630 g/mol. The SMILES string of the molecule is CC(C)C[C@H](NC(=O)[C@H](CCCN=C(N)N)NC(=O)[C@@H]1CCCN1C(=O)[C@H](Cc1ccc(O)cc1)NC(=O)[C@@H](N)CCC(N)=O)C(=O)N[C@@H](CCCN=C(N)N)C(=O)N[C@@H](CCCN=C(N)N)C(=O)N[C@H](C(=O)N[C@@H](CCC(=O)O)C(=O)N[C@@H](CC(C)C)C(=O)N[C@H](C(=O)N[C@H](C(=O)N[C@H](C(=O)O)[C@@H](C)O)C(C)C)[C@@H](C)O)C(C)C. The number of aliphatic hydroxyl groups is 2. The number of aliphatic imine (C=N–C) groups is 3. The molecular formula is C72H123N23O20. The van der Waals surface area contributed by atoms with E-state index in [0.717, 1.165) is 13.8 Å². The number of carboxylic acid groups (broad SMARTS) is 2. The number of guanidine groups is 3. The number of nitrogens with zero attached hydrogens (tertiary/aromatic N) is 4. The number of primary amides is 1. The van der Waals surface area contributed by atoms with Crippen LogP contribution in [0.2, 0.25) is 0 Å². The van der Waals surface area contributed by atoms with Crippen molar-refractivity contribution in [3.8, 4) is 5.75 Å². The Morgan fingerprint density at radius 1 is 0.435 bits per heavy atom. The van der Waals surface area contributed by atoms with Crippen LogP contribution in [-0.2, 0) is 78.3 Å². The number of carbonyl (C=O) groups is 15. The normalized spacial score (nSPS) is 16.2. The lowest BCUT2D eigenvalue weighted by Crippen LogP contribution is -2.63. The van der Waals surface area contributed by atoms with Crippen LogP contribution in [0.5, 0.6) is 5.75 Å². The lowest BCUT2D eigenvalue weighted by molar-refractivity contribution is -0.145. The molecule has 1 heterocycles. The number of likely N-dealkylation sites (tertiary alicyclic amines) is 1. The molecule has 1 aliphatic rings. The lowest BCUT2D eigenvalue weighted by Gasteiger charge is -2.31. The average molecular weight is 1630 g/mol. The van der Waals surface area contributed by atoms with E-state index in [2.05, 4.69) is 73.5 Å². The number of benzene rings is 1. The van der Waals surface area contributed by atoms with E-state index in [0.29, 0.717) is 12.0 Å². The average Bonchev–Trinajstić information content (AvgIpc) is 1.76. The van der Waals surface area contributed by atoms with Crippen molar-refractivity contribution in [2.24, 2.45) is 84.5 Å². The zero-order valence-corrected chi connectivity index (χ0v) is 67.0. The van der Waals surface area contributed by atoms with Gasteiger partial charge in [0.15, 0.2) is 23.9 Å². The molecule has 0 aliphatic carbocycles. The topological polar surface area (TPSA) is 738 Å². The second kappa shape index (κ2) is 50.1. The van der Waals surface area contributed by atoms with Crippen LogP contribution in [0.3, 0.4) is 0 Å². The van der Waals surface area contributed by atoms with Crippen LogP contribution >= 0.6 is 0 Å². The van der Waals surface area contributed by atoms with Gasteiger partial charge in [-0.1, -0.05) is 67.5 Å². The number of carboxylic acids is 2. The number of hydrogen-bond donors (Lipinski definition) is 24. The van der Waals surface area contributed by atoms with Gasteiger partial charge in [-0.05, 0) is 132 Å².